The van der Waals surface area contributed by atoms with Crippen molar-refractivity contribution in [2.45, 2.75) is 45.7 Å². The van der Waals surface area contributed by atoms with E-state index in [0.29, 0.717) is 6.42 Å². The molecule has 0 aliphatic rings. The van der Waals surface area contributed by atoms with Crippen LogP contribution in [0, 0.1) is 5.53 Å². The highest BCUT2D eigenvalue weighted by Crippen LogP contribution is 2.19. The third-order valence-electron chi connectivity index (χ3n) is 2.13. The van der Waals surface area contributed by atoms with Gasteiger partial charge in [-0.1, -0.05) is 6.92 Å². The monoisotopic (exact) mass is 215 g/mol. The first-order valence-corrected chi connectivity index (χ1v) is 4.90. The van der Waals surface area contributed by atoms with Crippen LogP contribution >= 0.6 is 0 Å². The SMILES string of the molecule is CCC(CN=[N+]=N)N(C(=O)O)C(C)(C)C. The standard InChI is InChI=1S/C9H18N4O2/c1-5-7(6-11-12-10)13(8(14)15)9(2,3)4/h7,10H,5-6H2,1-4H3/p+1. The lowest BCUT2D eigenvalue weighted by Gasteiger charge is -2.37. The molecule has 0 aliphatic heterocycles. The highest BCUT2D eigenvalue weighted by molar-refractivity contribution is 5.66. The van der Waals surface area contributed by atoms with Crippen molar-refractivity contribution in [1.82, 2.24) is 9.81 Å². The van der Waals surface area contributed by atoms with Crippen LogP contribution in [0.2, 0.25) is 0 Å². The third-order valence-corrected chi connectivity index (χ3v) is 2.13. The lowest BCUT2D eigenvalue weighted by Crippen LogP contribution is -2.52. The number of nitrogens with one attached hydrogen (secondary N) is 1. The quantitative estimate of drug-likeness (QED) is 0.555. The van der Waals surface area contributed by atoms with Gasteiger partial charge >= 0.3 is 6.09 Å². The van der Waals surface area contributed by atoms with E-state index in [1.807, 2.05) is 27.7 Å². The van der Waals surface area contributed by atoms with Gasteiger partial charge < -0.3 is 5.11 Å². The van der Waals surface area contributed by atoms with E-state index in [4.69, 9.17) is 10.6 Å². The van der Waals surface area contributed by atoms with Crippen molar-refractivity contribution in [3.05, 3.63) is 0 Å². The molecule has 1 atom stereocenters. The Kier molecular flexibility index (Phi) is 4.94. The molecule has 2 N–H and O–H groups in total. The molecule has 0 aromatic heterocycles. The summed E-state index contributed by atoms with van der Waals surface area (Å²) in [5.41, 5.74) is 6.10. The Balaban J connectivity index is 4.86. The summed E-state index contributed by atoms with van der Waals surface area (Å²) < 4.78 is 0. The molecule has 0 rings (SSSR count). The van der Waals surface area contributed by atoms with Crippen LogP contribution in [0.5, 0.6) is 0 Å². The molecule has 1 amide bonds. The fraction of sp³-hybridized carbons (Fsp3) is 0.889. The van der Waals surface area contributed by atoms with E-state index in [1.165, 1.54) is 4.90 Å². The van der Waals surface area contributed by atoms with Crippen LogP contribution in [0.4, 0.5) is 4.79 Å². The molecular weight excluding hydrogens is 196 g/mol. The molecule has 86 valence electrons. The number of hydrogen-bond acceptors (Lipinski definition) is 3. The topological polar surface area (TPSA) is 90.9 Å². The van der Waals surface area contributed by atoms with Crippen molar-refractivity contribution in [1.29, 1.82) is 5.53 Å². The largest absolute Gasteiger partial charge is 0.465 e. The Morgan fingerprint density at radius 1 is 1.60 bits per heavy atom. The number of rotatable bonds is 4. The Labute approximate surface area is 89.5 Å². The van der Waals surface area contributed by atoms with Crippen molar-refractivity contribution in [2.75, 3.05) is 6.54 Å². The van der Waals surface area contributed by atoms with Crippen LogP contribution in [0.25, 0.3) is 0 Å². The van der Waals surface area contributed by atoms with Crippen molar-refractivity contribution < 1.29 is 9.90 Å². The molecule has 6 heteroatoms. The van der Waals surface area contributed by atoms with Gasteiger partial charge in [0.1, 0.15) is 17.2 Å². The Morgan fingerprint density at radius 3 is 2.40 bits per heavy atom. The second kappa shape index (κ2) is 5.46. The number of amides is 1. The summed E-state index contributed by atoms with van der Waals surface area (Å²) in [4.78, 5) is 15.4. The molecule has 15 heavy (non-hydrogen) atoms. The van der Waals surface area contributed by atoms with Crippen LogP contribution in [0.15, 0.2) is 5.11 Å². The molecule has 0 spiro atoms. The normalized spacial score (nSPS) is 12.8. The van der Waals surface area contributed by atoms with E-state index in [2.05, 4.69) is 10.0 Å². The Bertz CT molecular complexity index is 266. The number of carbonyl (C=O) groups is 1. The lowest BCUT2D eigenvalue weighted by atomic mass is 10.0. The van der Waals surface area contributed by atoms with Crippen LogP contribution in [-0.4, -0.2) is 34.2 Å². The second-order valence-electron chi connectivity index (χ2n) is 4.31. The van der Waals surface area contributed by atoms with Gasteiger partial charge in [0, 0.05) is 5.54 Å². The van der Waals surface area contributed by atoms with E-state index in [1.54, 1.807) is 0 Å². The number of hydrogen-bond donors (Lipinski definition) is 2. The van der Waals surface area contributed by atoms with Gasteiger partial charge in [-0.05, 0) is 27.2 Å². The smallest absolute Gasteiger partial charge is 0.408 e. The molecule has 0 fully saturated rings. The molecule has 0 bridgehead atoms. The highest BCUT2D eigenvalue weighted by atomic mass is 16.4. The first-order valence-electron chi connectivity index (χ1n) is 4.90. The maximum absolute atomic E-state index is 11.1. The second-order valence-corrected chi connectivity index (χ2v) is 4.31. The molecule has 6 nitrogen and oxygen atoms in total. The molecular formula is C9H19N4O2+. The van der Waals surface area contributed by atoms with E-state index < -0.39 is 11.6 Å². The van der Waals surface area contributed by atoms with Crippen molar-refractivity contribution in [3.8, 4) is 0 Å². The van der Waals surface area contributed by atoms with Gasteiger partial charge in [-0.25, -0.2) is 4.79 Å². The summed E-state index contributed by atoms with van der Waals surface area (Å²) in [6.07, 6.45) is -0.308. The van der Waals surface area contributed by atoms with E-state index in [-0.39, 0.29) is 12.6 Å². The predicted molar refractivity (Wildman–Crippen MR) is 55.8 cm³/mol. The Morgan fingerprint density at radius 2 is 2.13 bits per heavy atom. The molecule has 0 saturated carbocycles. The molecule has 0 aliphatic carbocycles. The summed E-state index contributed by atoms with van der Waals surface area (Å²) in [5.74, 6) is 0. The lowest BCUT2D eigenvalue weighted by molar-refractivity contribution is 0.0707. The van der Waals surface area contributed by atoms with Crippen LogP contribution in [0.3, 0.4) is 0 Å². The van der Waals surface area contributed by atoms with Gasteiger partial charge in [-0.15, -0.1) is 0 Å². The zero-order chi connectivity index (χ0) is 12.1. The van der Waals surface area contributed by atoms with Crippen molar-refractivity contribution in [2.24, 2.45) is 5.11 Å². The van der Waals surface area contributed by atoms with Crippen LogP contribution in [0.1, 0.15) is 34.1 Å². The molecule has 0 aromatic rings. The van der Waals surface area contributed by atoms with Gasteiger partial charge in [0.2, 0.25) is 4.91 Å². The first-order chi connectivity index (χ1) is 6.84. The van der Waals surface area contributed by atoms with Gasteiger partial charge in [0.15, 0.2) is 0 Å². The van der Waals surface area contributed by atoms with Crippen LogP contribution in [-0.2, 0) is 0 Å². The third kappa shape index (κ3) is 4.08. The predicted octanol–water partition coefficient (Wildman–Crippen LogP) is 2.09. The van der Waals surface area contributed by atoms with Gasteiger partial charge in [-0.3, -0.25) is 4.90 Å². The summed E-state index contributed by atoms with van der Waals surface area (Å²) >= 11 is 0. The maximum atomic E-state index is 11.1. The van der Waals surface area contributed by atoms with Crippen molar-refractivity contribution >= 4 is 6.09 Å². The Hall–Kier alpha value is -1.42. The summed E-state index contributed by atoms with van der Waals surface area (Å²) in [6.45, 7) is 7.64. The molecule has 0 heterocycles. The molecule has 0 saturated heterocycles. The van der Waals surface area contributed by atoms with E-state index in [9.17, 15) is 4.79 Å². The van der Waals surface area contributed by atoms with Gasteiger partial charge in [0.25, 0.3) is 0 Å². The van der Waals surface area contributed by atoms with E-state index in [0.717, 1.165) is 0 Å². The first kappa shape index (κ1) is 13.6. The minimum absolute atomic E-state index is 0.225. The fourth-order valence-electron chi connectivity index (χ4n) is 1.52. The van der Waals surface area contributed by atoms with Crippen LogP contribution < -0.4 is 4.91 Å². The maximum Gasteiger partial charge on any atom is 0.408 e. The van der Waals surface area contributed by atoms with E-state index >= 15 is 0 Å². The fourth-order valence-corrected chi connectivity index (χ4v) is 1.52. The average Bonchev–Trinajstić information content (AvgIpc) is 2.08. The minimum atomic E-state index is -0.963. The molecule has 0 aromatic carbocycles. The number of carboxylic acid groups (broad SMARTS) is 1. The zero-order valence-corrected chi connectivity index (χ0v) is 9.69. The zero-order valence-electron chi connectivity index (χ0n) is 9.69. The van der Waals surface area contributed by atoms with Gasteiger partial charge in [0.05, 0.1) is 6.04 Å². The average molecular weight is 215 g/mol. The van der Waals surface area contributed by atoms with Gasteiger partial charge in [-0.2, -0.15) is 0 Å². The summed E-state index contributed by atoms with van der Waals surface area (Å²) in [6, 6.07) is -0.225. The van der Waals surface area contributed by atoms with Crippen molar-refractivity contribution in [3.63, 3.8) is 0 Å². The summed E-state index contributed by atoms with van der Waals surface area (Å²) in [5, 5.41) is 12.7. The summed E-state index contributed by atoms with van der Waals surface area (Å²) in [7, 11) is 0. The highest BCUT2D eigenvalue weighted by Gasteiger charge is 2.32. The number of nitrogens with zero attached hydrogens (tertiary/aromatic N) is 3. The minimum Gasteiger partial charge on any atom is -0.465 e. The molecule has 0 radical (unpaired) electrons. The molecule has 1 unspecified atom stereocenters.